The van der Waals surface area contributed by atoms with Gasteiger partial charge < -0.3 is 14.7 Å². The molecular formula is C15H20N2O2. The molecule has 2 rings (SSSR count). The second-order valence-electron chi connectivity index (χ2n) is 5.03. The predicted molar refractivity (Wildman–Crippen MR) is 72.6 cm³/mol. The highest BCUT2D eigenvalue weighted by Gasteiger charge is 2.20. The molecule has 1 aromatic rings. The molecule has 4 heteroatoms. The van der Waals surface area contributed by atoms with E-state index in [-0.39, 0.29) is 0 Å². The maximum Gasteiger partial charge on any atom is 0.0991 e. The minimum atomic E-state index is -0.513. The Labute approximate surface area is 114 Å². The number of hydrogen-bond acceptors (Lipinski definition) is 4. The van der Waals surface area contributed by atoms with E-state index in [1.807, 2.05) is 19.2 Å². The van der Waals surface area contributed by atoms with Crippen LogP contribution in [0.5, 0.6) is 0 Å². The van der Waals surface area contributed by atoms with E-state index >= 15 is 0 Å². The molecule has 19 heavy (non-hydrogen) atoms. The van der Waals surface area contributed by atoms with Crippen LogP contribution < -0.4 is 0 Å². The number of aliphatic hydroxyl groups is 1. The van der Waals surface area contributed by atoms with Crippen LogP contribution in [0.4, 0.5) is 0 Å². The molecule has 1 atom stereocenters. The highest BCUT2D eigenvalue weighted by Crippen LogP contribution is 2.19. The van der Waals surface area contributed by atoms with Gasteiger partial charge in [0.25, 0.3) is 0 Å². The van der Waals surface area contributed by atoms with Gasteiger partial charge in [-0.25, -0.2) is 0 Å². The van der Waals surface area contributed by atoms with Gasteiger partial charge in [-0.1, -0.05) is 12.1 Å². The second-order valence-corrected chi connectivity index (χ2v) is 5.03. The van der Waals surface area contributed by atoms with Gasteiger partial charge >= 0.3 is 0 Å². The molecule has 1 aliphatic heterocycles. The largest absolute Gasteiger partial charge is 0.387 e. The molecule has 0 radical (unpaired) electrons. The Morgan fingerprint density at radius 1 is 1.37 bits per heavy atom. The first-order valence-corrected chi connectivity index (χ1v) is 6.67. The van der Waals surface area contributed by atoms with E-state index in [0.29, 0.717) is 18.2 Å². The van der Waals surface area contributed by atoms with Crippen molar-refractivity contribution >= 4 is 0 Å². The monoisotopic (exact) mass is 260 g/mol. The SMILES string of the molecule is CN(CC(O)c1ccc(C#N)cc1)C1CCOCC1. The van der Waals surface area contributed by atoms with E-state index in [1.165, 1.54) is 0 Å². The molecule has 4 nitrogen and oxygen atoms in total. The van der Waals surface area contributed by atoms with Crippen LogP contribution >= 0.6 is 0 Å². The van der Waals surface area contributed by atoms with E-state index < -0.39 is 6.10 Å². The third-order valence-electron chi connectivity index (χ3n) is 3.70. The molecule has 1 N–H and O–H groups in total. The Hall–Kier alpha value is -1.41. The lowest BCUT2D eigenvalue weighted by atomic mass is 10.0. The van der Waals surface area contributed by atoms with Crippen LogP contribution in [0, 0.1) is 11.3 Å². The van der Waals surface area contributed by atoms with Crippen LogP contribution in [-0.4, -0.2) is 42.9 Å². The molecule has 0 bridgehead atoms. The summed E-state index contributed by atoms with van der Waals surface area (Å²) < 4.78 is 5.35. The summed E-state index contributed by atoms with van der Waals surface area (Å²) in [6, 6.07) is 9.69. The summed E-state index contributed by atoms with van der Waals surface area (Å²) in [6.07, 6.45) is 1.54. The van der Waals surface area contributed by atoms with Crippen LogP contribution in [0.15, 0.2) is 24.3 Å². The normalized spacial score (nSPS) is 18.2. The molecule has 0 aliphatic carbocycles. The molecule has 0 spiro atoms. The van der Waals surface area contributed by atoms with Gasteiger partial charge in [-0.3, -0.25) is 0 Å². The Morgan fingerprint density at radius 3 is 2.58 bits per heavy atom. The molecule has 1 heterocycles. The average molecular weight is 260 g/mol. The molecule has 1 saturated heterocycles. The zero-order chi connectivity index (χ0) is 13.7. The fraction of sp³-hybridized carbons (Fsp3) is 0.533. The molecular weight excluding hydrogens is 240 g/mol. The third-order valence-corrected chi connectivity index (χ3v) is 3.70. The van der Waals surface area contributed by atoms with Gasteiger partial charge in [0, 0.05) is 25.8 Å². The fourth-order valence-electron chi connectivity index (χ4n) is 2.43. The lowest BCUT2D eigenvalue weighted by molar-refractivity contribution is 0.0253. The van der Waals surface area contributed by atoms with Crippen LogP contribution in [0.2, 0.25) is 0 Å². The number of aliphatic hydroxyl groups excluding tert-OH is 1. The van der Waals surface area contributed by atoms with E-state index in [9.17, 15) is 5.11 Å². The van der Waals surface area contributed by atoms with Gasteiger partial charge in [0.05, 0.1) is 17.7 Å². The summed E-state index contributed by atoms with van der Waals surface area (Å²) in [7, 11) is 2.04. The zero-order valence-corrected chi connectivity index (χ0v) is 11.2. The van der Waals surface area contributed by atoms with Crippen molar-refractivity contribution in [1.29, 1.82) is 5.26 Å². The van der Waals surface area contributed by atoms with Crippen molar-refractivity contribution in [2.75, 3.05) is 26.8 Å². The van der Waals surface area contributed by atoms with Gasteiger partial charge in [0.1, 0.15) is 0 Å². The third kappa shape index (κ3) is 3.77. The Bertz CT molecular complexity index is 432. The topological polar surface area (TPSA) is 56.5 Å². The summed E-state index contributed by atoms with van der Waals surface area (Å²) in [4.78, 5) is 2.20. The summed E-state index contributed by atoms with van der Waals surface area (Å²) in [5.41, 5.74) is 1.48. The van der Waals surface area contributed by atoms with Crippen LogP contribution in [-0.2, 0) is 4.74 Å². The van der Waals surface area contributed by atoms with Crippen molar-refractivity contribution in [3.05, 3.63) is 35.4 Å². The number of nitriles is 1. The standard InChI is InChI=1S/C15H20N2O2/c1-17(14-6-8-19-9-7-14)11-15(18)13-4-2-12(10-16)3-5-13/h2-5,14-15,18H,6-9,11H2,1H3. The molecule has 1 aliphatic rings. The Balaban J connectivity index is 1.91. The first kappa shape index (κ1) is 14.0. The van der Waals surface area contributed by atoms with Gasteiger partial charge in [-0.2, -0.15) is 5.26 Å². The number of hydrogen-bond donors (Lipinski definition) is 1. The number of rotatable bonds is 4. The van der Waals surface area contributed by atoms with Crippen molar-refractivity contribution in [1.82, 2.24) is 4.90 Å². The Morgan fingerprint density at radius 2 is 2.00 bits per heavy atom. The fourth-order valence-corrected chi connectivity index (χ4v) is 2.43. The van der Waals surface area contributed by atoms with Crippen LogP contribution in [0.25, 0.3) is 0 Å². The smallest absolute Gasteiger partial charge is 0.0991 e. The van der Waals surface area contributed by atoms with E-state index in [2.05, 4.69) is 11.0 Å². The molecule has 1 unspecified atom stereocenters. The summed E-state index contributed by atoms with van der Waals surface area (Å²) in [5, 5.41) is 19.0. The second kappa shape index (κ2) is 6.67. The lowest BCUT2D eigenvalue weighted by Crippen LogP contribution is -2.38. The summed E-state index contributed by atoms with van der Waals surface area (Å²) in [6.45, 7) is 2.22. The van der Waals surface area contributed by atoms with Gasteiger partial charge in [-0.15, -0.1) is 0 Å². The van der Waals surface area contributed by atoms with E-state index in [0.717, 1.165) is 31.6 Å². The molecule has 102 valence electrons. The molecule has 0 saturated carbocycles. The molecule has 0 amide bonds. The molecule has 0 aromatic heterocycles. The number of benzene rings is 1. The Kier molecular flexibility index (Phi) is 4.92. The number of likely N-dealkylation sites (N-methyl/N-ethyl adjacent to an activating group) is 1. The maximum atomic E-state index is 10.2. The highest BCUT2D eigenvalue weighted by atomic mass is 16.5. The van der Waals surface area contributed by atoms with Crippen molar-refractivity contribution in [2.45, 2.75) is 25.0 Å². The van der Waals surface area contributed by atoms with Crippen molar-refractivity contribution in [3.63, 3.8) is 0 Å². The van der Waals surface area contributed by atoms with Crippen molar-refractivity contribution in [2.24, 2.45) is 0 Å². The number of ether oxygens (including phenoxy) is 1. The number of nitrogens with zero attached hydrogens (tertiary/aromatic N) is 2. The van der Waals surface area contributed by atoms with Crippen LogP contribution in [0.3, 0.4) is 0 Å². The van der Waals surface area contributed by atoms with E-state index in [4.69, 9.17) is 10.00 Å². The first-order valence-electron chi connectivity index (χ1n) is 6.67. The maximum absolute atomic E-state index is 10.2. The minimum Gasteiger partial charge on any atom is -0.387 e. The highest BCUT2D eigenvalue weighted by molar-refractivity contribution is 5.32. The predicted octanol–water partition coefficient (Wildman–Crippen LogP) is 1.70. The van der Waals surface area contributed by atoms with Crippen molar-refractivity contribution in [3.8, 4) is 6.07 Å². The van der Waals surface area contributed by atoms with Gasteiger partial charge in [0.15, 0.2) is 0 Å². The van der Waals surface area contributed by atoms with Crippen LogP contribution in [0.1, 0.15) is 30.1 Å². The quantitative estimate of drug-likeness (QED) is 0.895. The van der Waals surface area contributed by atoms with E-state index in [1.54, 1.807) is 12.1 Å². The lowest BCUT2D eigenvalue weighted by Gasteiger charge is -2.32. The molecule has 1 fully saturated rings. The summed E-state index contributed by atoms with van der Waals surface area (Å²) >= 11 is 0. The van der Waals surface area contributed by atoms with Gasteiger partial charge in [-0.05, 0) is 37.6 Å². The first-order chi connectivity index (χ1) is 9.20. The minimum absolute atomic E-state index is 0.488. The van der Waals surface area contributed by atoms with Gasteiger partial charge in [0.2, 0.25) is 0 Å². The average Bonchev–Trinajstić information content (AvgIpc) is 2.48. The molecule has 1 aromatic carbocycles. The van der Waals surface area contributed by atoms with Crippen molar-refractivity contribution < 1.29 is 9.84 Å². The summed E-state index contributed by atoms with van der Waals surface area (Å²) in [5.74, 6) is 0. The zero-order valence-electron chi connectivity index (χ0n) is 11.2.